The monoisotopic (exact) mass is 315 g/mol. The number of nitrogens with two attached hydrogens (primary N) is 1. The Balaban J connectivity index is 1.95. The van der Waals surface area contributed by atoms with Crippen molar-refractivity contribution in [3.05, 3.63) is 36.2 Å². The van der Waals surface area contributed by atoms with Crippen LogP contribution in [0.5, 0.6) is 0 Å². The Morgan fingerprint density at radius 2 is 2.35 bits per heavy atom. The zero-order valence-electron chi connectivity index (χ0n) is 13.7. The molecule has 0 spiro atoms. The van der Waals surface area contributed by atoms with Gasteiger partial charge in [-0.2, -0.15) is 0 Å². The summed E-state index contributed by atoms with van der Waals surface area (Å²) in [7, 11) is 0. The fourth-order valence-corrected chi connectivity index (χ4v) is 2.79. The van der Waals surface area contributed by atoms with Crippen molar-refractivity contribution < 1.29 is 4.79 Å². The Bertz CT molecular complexity index is 581. The minimum atomic E-state index is -0.254. The predicted octanol–water partition coefficient (Wildman–Crippen LogP) is 1.92. The maximum absolute atomic E-state index is 12.4. The molecule has 1 unspecified atom stereocenters. The molecule has 1 aromatic heterocycles. The summed E-state index contributed by atoms with van der Waals surface area (Å²) in [6, 6.07) is 3.47. The van der Waals surface area contributed by atoms with Crippen molar-refractivity contribution in [1.29, 1.82) is 5.41 Å². The van der Waals surface area contributed by atoms with Crippen LogP contribution in [0.4, 0.5) is 5.82 Å². The molecule has 2 atom stereocenters. The van der Waals surface area contributed by atoms with Gasteiger partial charge < -0.3 is 16.5 Å². The van der Waals surface area contributed by atoms with Crippen LogP contribution in [0.1, 0.15) is 25.3 Å². The lowest BCUT2D eigenvalue weighted by Gasteiger charge is -2.35. The highest BCUT2D eigenvalue weighted by Crippen LogP contribution is 2.20. The van der Waals surface area contributed by atoms with E-state index in [4.69, 9.17) is 11.1 Å². The lowest BCUT2D eigenvalue weighted by atomic mass is 9.92. The molecular weight excluding hydrogens is 290 g/mol. The second-order valence-electron chi connectivity index (χ2n) is 6.03. The van der Waals surface area contributed by atoms with Crippen molar-refractivity contribution in [3.8, 4) is 0 Å². The van der Waals surface area contributed by atoms with E-state index in [9.17, 15) is 4.79 Å². The number of nitrogens with zero attached hydrogens (tertiary/aromatic N) is 2. The van der Waals surface area contributed by atoms with Crippen LogP contribution in [0, 0.1) is 18.3 Å². The summed E-state index contributed by atoms with van der Waals surface area (Å²) in [5.41, 5.74) is 6.96. The molecule has 1 aliphatic rings. The Kier molecular flexibility index (Phi) is 5.87. The first-order valence-electron chi connectivity index (χ1n) is 7.95. The number of hydrogen-bond donors (Lipinski definition) is 3. The van der Waals surface area contributed by atoms with Gasteiger partial charge in [0.15, 0.2) is 0 Å². The molecule has 4 N–H and O–H groups in total. The van der Waals surface area contributed by atoms with Gasteiger partial charge in [0.1, 0.15) is 5.82 Å². The largest absolute Gasteiger partial charge is 0.405 e. The van der Waals surface area contributed by atoms with E-state index in [1.165, 1.54) is 6.20 Å². The number of pyridine rings is 1. The fraction of sp³-hybridized carbons (Fsp3) is 0.471. The average Bonchev–Trinajstić information content (AvgIpc) is 2.56. The minimum Gasteiger partial charge on any atom is -0.405 e. The van der Waals surface area contributed by atoms with E-state index in [0.717, 1.165) is 24.9 Å². The van der Waals surface area contributed by atoms with Gasteiger partial charge in [0.25, 0.3) is 0 Å². The molecule has 0 bridgehead atoms. The van der Waals surface area contributed by atoms with Crippen LogP contribution in [0.3, 0.4) is 0 Å². The normalized spacial score (nSPS) is 20.3. The highest BCUT2D eigenvalue weighted by atomic mass is 16.2. The smallest absolute Gasteiger partial charge is 0.242 e. The molecule has 2 heterocycles. The van der Waals surface area contributed by atoms with E-state index in [0.29, 0.717) is 18.1 Å². The molecule has 1 amide bonds. The lowest BCUT2D eigenvalue weighted by molar-refractivity contribution is -0.121. The fourth-order valence-electron chi connectivity index (χ4n) is 2.79. The van der Waals surface area contributed by atoms with Gasteiger partial charge in [0.2, 0.25) is 5.91 Å². The Morgan fingerprint density at radius 3 is 3.00 bits per heavy atom. The van der Waals surface area contributed by atoms with Gasteiger partial charge in [-0.05, 0) is 57.1 Å². The average molecular weight is 315 g/mol. The van der Waals surface area contributed by atoms with E-state index >= 15 is 0 Å². The first kappa shape index (κ1) is 17.1. The third-order valence-electron chi connectivity index (χ3n) is 4.26. The topological polar surface area (TPSA) is 95.1 Å². The summed E-state index contributed by atoms with van der Waals surface area (Å²) < 4.78 is 0. The third kappa shape index (κ3) is 4.63. The van der Waals surface area contributed by atoms with Gasteiger partial charge in [-0.3, -0.25) is 9.69 Å². The van der Waals surface area contributed by atoms with Crippen LogP contribution in [0.25, 0.3) is 0 Å². The lowest BCUT2D eigenvalue weighted by Crippen LogP contribution is -2.48. The van der Waals surface area contributed by atoms with Crippen molar-refractivity contribution in [3.63, 3.8) is 0 Å². The standard InChI is InChI=1S/C17H25N5O/c1-12-5-6-16(20-10-12)21-17(23)13(2)22-9-3-4-14(11-22)15(19)7-8-18/h5-8,10,13-14,19H,3-4,9,11,18H2,1-2H3,(H,20,21,23)/b8-7-,19-15?/t13-,14?/m0/s1. The molecule has 124 valence electrons. The number of nitrogens with one attached hydrogen (secondary N) is 2. The van der Waals surface area contributed by atoms with Crippen molar-refractivity contribution in [2.24, 2.45) is 11.7 Å². The Morgan fingerprint density at radius 1 is 1.57 bits per heavy atom. The highest BCUT2D eigenvalue weighted by Gasteiger charge is 2.28. The molecule has 0 saturated carbocycles. The second-order valence-corrected chi connectivity index (χ2v) is 6.03. The molecule has 0 aromatic carbocycles. The number of carbonyl (C=O) groups is 1. The van der Waals surface area contributed by atoms with Gasteiger partial charge >= 0.3 is 0 Å². The maximum atomic E-state index is 12.4. The SMILES string of the molecule is Cc1ccc(NC(=O)[C@H](C)N2CCCC(C(=N)/C=C\N)C2)nc1. The van der Waals surface area contributed by atoms with Crippen LogP contribution in [-0.4, -0.2) is 40.6 Å². The number of allylic oxidation sites excluding steroid dienone is 1. The van der Waals surface area contributed by atoms with Crippen molar-refractivity contribution in [2.75, 3.05) is 18.4 Å². The summed E-state index contributed by atoms with van der Waals surface area (Å²) in [6.07, 6.45) is 6.71. The van der Waals surface area contributed by atoms with Crippen LogP contribution >= 0.6 is 0 Å². The molecule has 23 heavy (non-hydrogen) atoms. The first-order chi connectivity index (χ1) is 11.0. The molecule has 0 aliphatic carbocycles. The first-order valence-corrected chi connectivity index (χ1v) is 7.95. The van der Waals surface area contributed by atoms with Crippen molar-refractivity contribution in [2.45, 2.75) is 32.7 Å². The van der Waals surface area contributed by atoms with Crippen molar-refractivity contribution in [1.82, 2.24) is 9.88 Å². The molecule has 1 fully saturated rings. The van der Waals surface area contributed by atoms with Gasteiger partial charge in [-0.25, -0.2) is 4.98 Å². The van der Waals surface area contributed by atoms with Gasteiger partial charge in [-0.1, -0.05) is 6.07 Å². The summed E-state index contributed by atoms with van der Waals surface area (Å²) in [6.45, 7) is 5.43. The van der Waals surface area contributed by atoms with E-state index in [1.807, 2.05) is 19.9 Å². The van der Waals surface area contributed by atoms with E-state index < -0.39 is 0 Å². The van der Waals surface area contributed by atoms with Crippen LogP contribution in [-0.2, 0) is 4.79 Å². The maximum Gasteiger partial charge on any atom is 0.242 e. The van der Waals surface area contributed by atoms with Crippen LogP contribution < -0.4 is 11.1 Å². The summed E-state index contributed by atoms with van der Waals surface area (Å²) in [5.74, 6) is 0.638. The zero-order chi connectivity index (χ0) is 16.8. The molecule has 1 aromatic rings. The quantitative estimate of drug-likeness (QED) is 0.723. The summed E-state index contributed by atoms with van der Waals surface area (Å²) in [5, 5.41) is 10.9. The number of amides is 1. The predicted molar refractivity (Wildman–Crippen MR) is 92.4 cm³/mol. The van der Waals surface area contributed by atoms with Gasteiger partial charge in [-0.15, -0.1) is 0 Å². The molecule has 6 nitrogen and oxygen atoms in total. The van der Waals surface area contributed by atoms with E-state index in [1.54, 1.807) is 18.3 Å². The molecule has 6 heteroatoms. The molecule has 1 saturated heterocycles. The Hall–Kier alpha value is -2.21. The molecular formula is C17H25N5O. The molecule has 0 radical (unpaired) electrons. The van der Waals surface area contributed by atoms with Gasteiger partial charge in [0.05, 0.1) is 6.04 Å². The zero-order valence-corrected chi connectivity index (χ0v) is 13.7. The van der Waals surface area contributed by atoms with Crippen LogP contribution in [0.15, 0.2) is 30.6 Å². The van der Waals surface area contributed by atoms with E-state index in [-0.39, 0.29) is 17.9 Å². The summed E-state index contributed by atoms with van der Waals surface area (Å²) in [4.78, 5) is 18.7. The van der Waals surface area contributed by atoms with Crippen molar-refractivity contribution >= 4 is 17.4 Å². The van der Waals surface area contributed by atoms with Gasteiger partial charge in [0, 0.05) is 24.4 Å². The number of likely N-dealkylation sites (tertiary alicyclic amines) is 1. The highest BCUT2D eigenvalue weighted by molar-refractivity contribution is 5.95. The number of aromatic nitrogens is 1. The third-order valence-corrected chi connectivity index (χ3v) is 4.26. The second kappa shape index (κ2) is 7.87. The van der Waals surface area contributed by atoms with E-state index in [2.05, 4.69) is 15.2 Å². The summed E-state index contributed by atoms with van der Waals surface area (Å²) >= 11 is 0. The Labute approximate surface area is 137 Å². The number of aryl methyl sites for hydroxylation is 1. The number of piperidine rings is 1. The molecule has 2 rings (SSSR count). The number of anilines is 1. The number of rotatable bonds is 5. The number of hydrogen-bond acceptors (Lipinski definition) is 5. The van der Waals surface area contributed by atoms with Crippen LogP contribution in [0.2, 0.25) is 0 Å². The molecule has 1 aliphatic heterocycles. The number of carbonyl (C=O) groups excluding carboxylic acids is 1. The minimum absolute atomic E-state index is 0.0668.